The summed E-state index contributed by atoms with van der Waals surface area (Å²) in [5.74, 6) is 0.157. The highest BCUT2D eigenvalue weighted by Gasteiger charge is 2.10. The van der Waals surface area contributed by atoms with Crippen LogP contribution in [-0.4, -0.2) is 16.0 Å². The number of fused-ring (bicyclic) bond motifs is 1. The predicted molar refractivity (Wildman–Crippen MR) is 83.1 cm³/mol. The third-order valence-electron chi connectivity index (χ3n) is 3.61. The highest BCUT2D eigenvalue weighted by atomic mass is 16.1. The van der Waals surface area contributed by atoms with Crippen molar-refractivity contribution in [1.29, 1.82) is 0 Å². The van der Waals surface area contributed by atoms with Gasteiger partial charge in [-0.1, -0.05) is 48.5 Å². The quantitative estimate of drug-likeness (QED) is 0.734. The van der Waals surface area contributed by atoms with E-state index in [0.29, 0.717) is 12.8 Å². The van der Waals surface area contributed by atoms with E-state index in [0.717, 1.165) is 27.6 Å². The fourth-order valence-electron chi connectivity index (χ4n) is 2.52. The molecule has 0 unspecified atom stereocenters. The minimum Gasteiger partial charge on any atom is -0.299 e. The van der Waals surface area contributed by atoms with Crippen molar-refractivity contribution in [2.75, 3.05) is 0 Å². The lowest BCUT2D eigenvalue weighted by atomic mass is 10.0. The number of hydrogen-bond donors (Lipinski definition) is 0. The Kier molecular flexibility index (Phi) is 3.73. The van der Waals surface area contributed by atoms with Crippen molar-refractivity contribution in [2.24, 2.45) is 0 Å². The van der Waals surface area contributed by atoms with Crippen LogP contribution < -0.4 is 0 Å². The number of ketones is 1. The Balaban J connectivity index is 1.85. The molecule has 2 aromatic carbocycles. The molecule has 0 saturated heterocycles. The zero-order chi connectivity index (χ0) is 14.7. The first kappa shape index (κ1) is 13.4. The van der Waals surface area contributed by atoms with E-state index < -0.39 is 0 Å². The van der Waals surface area contributed by atoms with Crippen LogP contribution >= 0.6 is 0 Å². The fraction of sp³-hybridized carbons (Fsp3) is 0.167. The van der Waals surface area contributed by atoms with Gasteiger partial charge >= 0.3 is 0 Å². The highest BCUT2D eigenvalue weighted by molar-refractivity contribution is 5.91. The monoisotopic (exact) mass is 276 g/mol. The van der Waals surface area contributed by atoms with Crippen LogP contribution in [-0.2, 0) is 17.6 Å². The molecule has 0 aliphatic heterocycles. The molecular formula is C18H16N2O. The number of rotatable bonds is 4. The predicted octanol–water partition coefficient (Wildman–Crippen LogP) is 3.29. The lowest BCUT2D eigenvalue weighted by Crippen LogP contribution is -2.09. The average molecular weight is 276 g/mol. The first-order chi connectivity index (χ1) is 10.2. The summed E-state index contributed by atoms with van der Waals surface area (Å²) in [5.41, 5.74) is 2.95. The smallest absolute Gasteiger partial charge is 0.143 e. The van der Waals surface area contributed by atoms with Crippen LogP contribution in [0, 0.1) is 6.92 Å². The summed E-state index contributed by atoms with van der Waals surface area (Å²) in [6.45, 7) is 2.04. The maximum absolute atomic E-state index is 12.2. The molecule has 3 heteroatoms. The molecule has 0 fully saturated rings. The summed E-state index contributed by atoms with van der Waals surface area (Å²) in [7, 11) is 0. The van der Waals surface area contributed by atoms with Crippen molar-refractivity contribution in [3.63, 3.8) is 0 Å². The molecule has 0 amide bonds. The van der Waals surface area contributed by atoms with Gasteiger partial charge < -0.3 is 0 Å². The molecule has 0 radical (unpaired) electrons. The van der Waals surface area contributed by atoms with Gasteiger partial charge in [-0.05, 0) is 18.1 Å². The molecule has 0 N–H and O–H groups in total. The molecule has 1 aromatic heterocycles. The molecule has 0 aliphatic carbocycles. The second-order valence-electron chi connectivity index (χ2n) is 5.21. The van der Waals surface area contributed by atoms with Gasteiger partial charge in [-0.15, -0.1) is 0 Å². The van der Waals surface area contributed by atoms with Gasteiger partial charge in [-0.25, -0.2) is 0 Å². The zero-order valence-electron chi connectivity index (χ0n) is 11.9. The van der Waals surface area contributed by atoms with Crippen LogP contribution in [0.4, 0.5) is 0 Å². The number of carbonyl (C=O) groups excluding carboxylic acids is 1. The number of carbonyl (C=O) groups is 1. The van der Waals surface area contributed by atoms with E-state index in [1.54, 1.807) is 6.20 Å². The van der Waals surface area contributed by atoms with E-state index in [-0.39, 0.29) is 5.78 Å². The van der Waals surface area contributed by atoms with Crippen molar-refractivity contribution in [3.8, 4) is 0 Å². The Hall–Kier alpha value is -2.55. The van der Waals surface area contributed by atoms with E-state index in [1.165, 1.54) is 0 Å². The van der Waals surface area contributed by atoms with Crippen molar-refractivity contribution in [3.05, 3.63) is 71.5 Å². The standard InChI is InChI=1S/C18H16N2O/c1-13-6-5-9-16-17(13)12-19-20-18(16)11-15(21)10-14-7-3-2-4-8-14/h2-9,12H,10-11H2,1H3. The Morgan fingerprint density at radius 1 is 0.952 bits per heavy atom. The van der Waals surface area contributed by atoms with Gasteiger partial charge in [-0.2, -0.15) is 10.2 Å². The molecule has 0 saturated carbocycles. The van der Waals surface area contributed by atoms with E-state index in [4.69, 9.17) is 0 Å². The van der Waals surface area contributed by atoms with Gasteiger partial charge in [0, 0.05) is 17.2 Å². The summed E-state index contributed by atoms with van der Waals surface area (Å²) in [5, 5.41) is 10.3. The summed E-state index contributed by atoms with van der Waals surface area (Å²) in [6.07, 6.45) is 2.52. The zero-order valence-corrected chi connectivity index (χ0v) is 11.9. The van der Waals surface area contributed by atoms with Crippen LogP contribution in [0.3, 0.4) is 0 Å². The lowest BCUT2D eigenvalue weighted by molar-refractivity contribution is -0.117. The fourth-order valence-corrected chi connectivity index (χ4v) is 2.52. The van der Waals surface area contributed by atoms with E-state index in [2.05, 4.69) is 10.2 Å². The molecule has 104 valence electrons. The third-order valence-corrected chi connectivity index (χ3v) is 3.61. The number of hydrogen-bond acceptors (Lipinski definition) is 3. The molecule has 0 spiro atoms. The van der Waals surface area contributed by atoms with Crippen LogP contribution in [0.15, 0.2) is 54.7 Å². The first-order valence-electron chi connectivity index (χ1n) is 6.99. The Labute approximate surface area is 123 Å². The normalized spacial score (nSPS) is 10.7. The van der Waals surface area contributed by atoms with E-state index >= 15 is 0 Å². The topological polar surface area (TPSA) is 42.9 Å². The summed E-state index contributed by atoms with van der Waals surface area (Å²) in [6, 6.07) is 15.8. The van der Waals surface area contributed by atoms with Crippen LogP contribution in [0.1, 0.15) is 16.8 Å². The van der Waals surface area contributed by atoms with Gasteiger partial charge in [0.1, 0.15) is 5.78 Å². The summed E-state index contributed by atoms with van der Waals surface area (Å²) >= 11 is 0. The number of aryl methyl sites for hydroxylation is 1. The minimum absolute atomic E-state index is 0.157. The molecule has 0 bridgehead atoms. The largest absolute Gasteiger partial charge is 0.299 e. The van der Waals surface area contributed by atoms with Gasteiger partial charge in [-0.3, -0.25) is 4.79 Å². The average Bonchev–Trinajstić information content (AvgIpc) is 2.49. The SMILES string of the molecule is Cc1cccc2c(CC(=O)Cc3ccccc3)nncc12. The first-order valence-corrected chi connectivity index (χ1v) is 6.99. The Morgan fingerprint density at radius 3 is 2.57 bits per heavy atom. The van der Waals surface area contributed by atoms with Crippen molar-refractivity contribution < 1.29 is 4.79 Å². The van der Waals surface area contributed by atoms with Gasteiger partial charge in [0.2, 0.25) is 0 Å². The second-order valence-corrected chi connectivity index (χ2v) is 5.21. The maximum Gasteiger partial charge on any atom is 0.143 e. The van der Waals surface area contributed by atoms with Crippen molar-refractivity contribution >= 4 is 16.6 Å². The molecule has 3 nitrogen and oxygen atoms in total. The van der Waals surface area contributed by atoms with E-state index in [1.807, 2.05) is 55.5 Å². The highest BCUT2D eigenvalue weighted by Crippen LogP contribution is 2.20. The Morgan fingerprint density at radius 2 is 1.76 bits per heavy atom. The Bertz CT molecular complexity index is 782. The third kappa shape index (κ3) is 2.97. The maximum atomic E-state index is 12.2. The number of Topliss-reactive ketones (excluding diaryl/α,β-unsaturated/α-hetero) is 1. The molecule has 0 atom stereocenters. The van der Waals surface area contributed by atoms with Gasteiger partial charge in [0.25, 0.3) is 0 Å². The molecular weight excluding hydrogens is 260 g/mol. The molecule has 1 heterocycles. The van der Waals surface area contributed by atoms with Gasteiger partial charge in [0.15, 0.2) is 0 Å². The lowest BCUT2D eigenvalue weighted by Gasteiger charge is -2.06. The number of nitrogens with zero attached hydrogens (tertiary/aromatic N) is 2. The van der Waals surface area contributed by atoms with Crippen LogP contribution in [0.5, 0.6) is 0 Å². The summed E-state index contributed by atoms with van der Waals surface area (Å²) < 4.78 is 0. The number of benzene rings is 2. The van der Waals surface area contributed by atoms with Crippen LogP contribution in [0.25, 0.3) is 10.8 Å². The minimum atomic E-state index is 0.157. The van der Waals surface area contributed by atoms with Crippen molar-refractivity contribution in [2.45, 2.75) is 19.8 Å². The van der Waals surface area contributed by atoms with Gasteiger partial charge in [0.05, 0.1) is 18.3 Å². The van der Waals surface area contributed by atoms with Crippen molar-refractivity contribution in [1.82, 2.24) is 10.2 Å². The van der Waals surface area contributed by atoms with Crippen LogP contribution in [0.2, 0.25) is 0 Å². The molecule has 3 rings (SSSR count). The number of aromatic nitrogens is 2. The summed E-state index contributed by atoms with van der Waals surface area (Å²) in [4.78, 5) is 12.2. The van der Waals surface area contributed by atoms with E-state index in [9.17, 15) is 4.79 Å². The molecule has 21 heavy (non-hydrogen) atoms. The molecule has 3 aromatic rings. The second kappa shape index (κ2) is 5.83. The molecule has 0 aliphatic rings.